The van der Waals surface area contributed by atoms with Crippen molar-refractivity contribution in [1.82, 2.24) is 9.78 Å². The lowest BCUT2D eigenvalue weighted by Crippen LogP contribution is -2.29. The average molecular weight is 467 g/mol. The summed E-state index contributed by atoms with van der Waals surface area (Å²) in [6.07, 6.45) is 7.59. The van der Waals surface area contributed by atoms with Crippen molar-refractivity contribution >= 4 is 5.97 Å². The highest BCUT2D eigenvalue weighted by atomic mass is 16.5. The van der Waals surface area contributed by atoms with Crippen LogP contribution in [-0.2, 0) is 24.2 Å². The number of aryl methyl sites for hydroxylation is 2. The van der Waals surface area contributed by atoms with Crippen molar-refractivity contribution in [2.24, 2.45) is 0 Å². The predicted octanol–water partition coefficient (Wildman–Crippen LogP) is 5.86. The highest BCUT2D eigenvalue weighted by Gasteiger charge is 2.23. The van der Waals surface area contributed by atoms with Crippen molar-refractivity contribution in [1.29, 1.82) is 0 Å². The van der Waals surface area contributed by atoms with Gasteiger partial charge < -0.3 is 9.84 Å². The number of carboxylic acid groups (broad SMARTS) is 1. The first-order chi connectivity index (χ1) is 17.2. The molecule has 0 saturated carbocycles. The van der Waals surface area contributed by atoms with E-state index < -0.39 is 12.1 Å². The number of carboxylic acids is 1. The molecule has 0 aliphatic heterocycles. The van der Waals surface area contributed by atoms with E-state index in [1.807, 2.05) is 65.6 Å². The van der Waals surface area contributed by atoms with Gasteiger partial charge in [0.05, 0.1) is 6.20 Å². The van der Waals surface area contributed by atoms with Crippen molar-refractivity contribution in [3.8, 4) is 5.75 Å². The maximum atomic E-state index is 12.0. The summed E-state index contributed by atoms with van der Waals surface area (Å²) < 4.78 is 7.88. The summed E-state index contributed by atoms with van der Waals surface area (Å²) in [5, 5.41) is 14.4. The molecule has 4 aromatic rings. The summed E-state index contributed by atoms with van der Waals surface area (Å²) >= 11 is 0. The van der Waals surface area contributed by atoms with Gasteiger partial charge in [-0.2, -0.15) is 5.10 Å². The summed E-state index contributed by atoms with van der Waals surface area (Å²) in [6, 6.07) is 26.7. The van der Waals surface area contributed by atoms with Crippen LogP contribution >= 0.6 is 0 Å². The van der Waals surface area contributed by atoms with Gasteiger partial charge in [-0.25, -0.2) is 4.79 Å². The molecule has 0 bridgehead atoms. The second kappa shape index (κ2) is 10.6. The van der Waals surface area contributed by atoms with Gasteiger partial charge in [-0.15, -0.1) is 0 Å². The Morgan fingerprint density at radius 3 is 2.26 bits per heavy atom. The van der Waals surface area contributed by atoms with E-state index in [1.54, 1.807) is 0 Å². The third kappa shape index (κ3) is 5.29. The fourth-order valence-electron chi connectivity index (χ4n) is 5.01. The predicted molar refractivity (Wildman–Crippen MR) is 136 cm³/mol. The Morgan fingerprint density at radius 2 is 1.57 bits per heavy atom. The fourth-order valence-corrected chi connectivity index (χ4v) is 5.01. The third-order valence-electron chi connectivity index (χ3n) is 6.77. The second-order valence-corrected chi connectivity index (χ2v) is 9.13. The SMILES string of the molecule is O=C(O)C(CCn1cc(C(c2ccccc2)c2ccccc2)cn1)Oc1cccc2c1CCCC2. The van der Waals surface area contributed by atoms with Crippen LogP contribution in [0.3, 0.4) is 0 Å². The number of aromatic nitrogens is 2. The van der Waals surface area contributed by atoms with E-state index in [0.717, 1.165) is 24.8 Å². The van der Waals surface area contributed by atoms with Gasteiger partial charge in [0.2, 0.25) is 0 Å². The number of hydrogen-bond acceptors (Lipinski definition) is 3. The smallest absolute Gasteiger partial charge is 0.344 e. The minimum absolute atomic E-state index is 0.0634. The van der Waals surface area contributed by atoms with Crippen LogP contribution in [-0.4, -0.2) is 27.0 Å². The van der Waals surface area contributed by atoms with Crippen LogP contribution < -0.4 is 4.74 Å². The lowest BCUT2D eigenvalue weighted by Gasteiger charge is -2.22. The molecule has 1 aliphatic rings. The Hall–Kier alpha value is -3.86. The lowest BCUT2D eigenvalue weighted by atomic mass is 9.87. The molecule has 5 heteroatoms. The lowest BCUT2D eigenvalue weighted by molar-refractivity contribution is -0.145. The molecule has 35 heavy (non-hydrogen) atoms. The van der Waals surface area contributed by atoms with Gasteiger partial charge in [0, 0.05) is 30.6 Å². The van der Waals surface area contributed by atoms with E-state index in [0.29, 0.717) is 18.7 Å². The zero-order valence-corrected chi connectivity index (χ0v) is 19.7. The van der Waals surface area contributed by atoms with E-state index >= 15 is 0 Å². The normalized spacial score (nSPS) is 13.9. The monoisotopic (exact) mass is 466 g/mol. The minimum atomic E-state index is -0.947. The maximum absolute atomic E-state index is 12.0. The number of hydrogen-bond donors (Lipinski definition) is 1. The molecule has 1 heterocycles. The van der Waals surface area contributed by atoms with Crippen LogP contribution in [0, 0.1) is 0 Å². The molecule has 0 fully saturated rings. The summed E-state index contributed by atoms with van der Waals surface area (Å²) in [4.78, 5) is 12.0. The maximum Gasteiger partial charge on any atom is 0.344 e. The van der Waals surface area contributed by atoms with Gasteiger partial charge >= 0.3 is 5.97 Å². The first kappa shape index (κ1) is 22.9. The third-order valence-corrected chi connectivity index (χ3v) is 6.77. The molecule has 1 aliphatic carbocycles. The van der Waals surface area contributed by atoms with E-state index in [4.69, 9.17) is 4.74 Å². The van der Waals surface area contributed by atoms with Gasteiger partial charge in [-0.3, -0.25) is 4.68 Å². The molecule has 5 rings (SSSR count). The van der Waals surface area contributed by atoms with E-state index in [9.17, 15) is 9.90 Å². The van der Waals surface area contributed by atoms with Gasteiger partial charge in [-0.1, -0.05) is 72.8 Å². The van der Waals surface area contributed by atoms with Crippen LogP contribution in [0.15, 0.2) is 91.3 Å². The Balaban J connectivity index is 1.32. The zero-order valence-electron chi connectivity index (χ0n) is 19.7. The van der Waals surface area contributed by atoms with Crippen LogP contribution in [0.1, 0.15) is 53.0 Å². The van der Waals surface area contributed by atoms with E-state index in [2.05, 4.69) is 35.4 Å². The number of ether oxygens (including phenoxy) is 1. The van der Waals surface area contributed by atoms with Crippen molar-refractivity contribution in [2.75, 3.05) is 0 Å². The van der Waals surface area contributed by atoms with Gasteiger partial charge in [0.25, 0.3) is 0 Å². The topological polar surface area (TPSA) is 64.3 Å². The van der Waals surface area contributed by atoms with Crippen molar-refractivity contribution in [2.45, 2.75) is 50.7 Å². The molecule has 178 valence electrons. The van der Waals surface area contributed by atoms with Crippen LogP contribution in [0.4, 0.5) is 0 Å². The van der Waals surface area contributed by atoms with Crippen molar-refractivity contribution in [3.05, 3.63) is 119 Å². The largest absolute Gasteiger partial charge is 0.479 e. The van der Waals surface area contributed by atoms with Crippen LogP contribution in [0.2, 0.25) is 0 Å². The zero-order chi connectivity index (χ0) is 24.0. The quantitative estimate of drug-likeness (QED) is 0.335. The molecule has 1 aromatic heterocycles. The highest BCUT2D eigenvalue weighted by Crippen LogP contribution is 2.32. The molecule has 1 atom stereocenters. The first-order valence-electron chi connectivity index (χ1n) is 12.3. The first-order valence-corrected chi connectivity index (χ1v) is 12.3. The second-order valence-electron chi connectivity index (χ2n) is 9.13. The van der Waals surface area contributed by atoms with Gasteiger partial charge in [0.15, 0.2) is 6.10 Å². The molecule has 0 saturated heterocycles. The number of aliphatic carboxylic acids is 1. The number of carbonyl (C=O) groups is 1. The fraction of sp³-hybridized carbons (Fsp3) is 0.267. The summed E-state index contributed by atoms with van der Waals surface area (Å²) in [5.41, 5.74) is 5.91. The molecule has 1 N–H and O–H groups in total. The Morgan fingerprint density at radius 1 is 0.886 bits per heavy atom. The molecule has 1 unspecified atom stereocenters. The minimum Gasteiger partial charge on any atom is -0.479 e. The van der Waals surface area contributed by atoms with E-state index in [1.165, 1.54) is 28.7 Å². The summed E-state index contributed by atoms with van der Waals surface area (Å²) in [5.74, 6) is -0.172. The molecule has 0 radical (unpaired) electrons. The van der Waals surface area contributed by atoms with E-state index in [-0.39, 0.29) is 5.92 Å². The molecular weight excluding hydrogens is 436 g/mol. The Labute approximate surface area is 206 Å². The standard InChI is InChI=1S/C30H30N2O3/c33-30(34)28(35-27-17-9-15-22-10-7-8-16-26(22)27)18-19-32-21-25(20-31-32)29(23-11-3-1-4-12-23)24-13-5-2-6-14-24/h1-6,9,11-15,17,20-21,28-29H,7-8,10,16,18-19H2,(H,33,34). The van der Waals surface area contributed by atoms with Crippen LogP contribution in [0.5, 0.6) is 5.75 Å². The average Bonchev–Trinajstić information content (AvgIpc) is 3.36. The molecule has 5 nitrogen and oxygen atoms in total. The highest BCUT2D eigenvalue weighted by molar-refractivity contribution is 5.72. The molecule has 0 spiro atoms. The van der Waals surface area contributed by atoms with Crippen LogP contribution in [0.25, 0.3) is 0 Å². The number of nitrogens with zero attached hydrogens (tertiary/aromatic N) is 2. The Kier molecular flexibility index (Phi) is 6.94. The Bertz CT molecular complexity index is 1230. The summed E-state index contributed by atoms with van der Waals surface area (Å²) in [7, 11) is 0. The van der Waals surface area contributed by atoms with Crippen molar-refractivity contribution < 1.29 is 14.6 Å². The number of benzene rings is 3. The van der Waals surface area contributed by atoms with Gasteiger partial charge in [0.1, 0.15) is 5.75 Å². The molecule has 3 aromatic carbocycles. The molecule has 0 amide bonds. The molecular formula is C30H30N2O3. The number of fused-ring (bicyclic) bond motifs is 1. The van der Waals surface area contributed by atoms with Gasteiger partial charge in [-0.05, 0) is 54.0 Å². The number of rotatable bonds is 9. The summed E-state index contributed by atoms with van der Waals surface area (Å²) in [6.45, 7) is 0.461. The van der Waals surface area contributed by atoms with Crippen molar-refractivity contribution in [3.63, 3.8) is 0 Å².